The van der Waals surface area contributed by atoms with E-state index in [1.807, 2.05) is 11.0 Å². The molecule has 1 unspecified atom stereocenters. The van der Waals surface area contributed by atoms with Gasteiger partial charge < -0.3 is 14.8 Å². The van der Waals surface area contributed by atoms with E-state index in [4.69, 9.17) is 0 Å². The predicted octanol–water partition coefficient (Wildman–Crippen LogP) is 2.72. The summed E-state index contributed by atoms with van der Waals surface area (Å²) < 4.78 is 0. The Morgan fingerprint density at radius 2 is 1.92 bits per heavy atom. The Hall–Kier alpha value is -1.85. The molecule has 2 aliphatic rings. The van der Waals surface area contributed by atoms with E-state index in [1.54, 1.807) is 0 Å². The van der Waals surface area contributed by atoms with Gasteiger partial charge >= 0.3 is 0 Å². The Bertz CT molecular complexity index is 775. The molecule has 2 saturated heterocycles. The summed E-state index contributed by atoms with van der Waals surface area (Å²) in [7, 11) is 2.25. The molecule has 2 aliphatic heterocycles. The summed E-state index contributed by atoms with van der Waals surface area (Å²) in [6, 6.07) is 8.94. The van der Waals surface area contributed by atoms with Gasteiger partial charge in [-0.05, 0) is 51.6 Å². The maximum Gasteiger partial charge on any atom is 0.270 e. The van der Waals surface area contributed by atoms with Crippen molar-refractivity contribution < 1.29 is 4.79 Å². The second-order valence-corrected chi connectivity index (χ2v) is 8.00. The van der Waals surface area contributed by atoms with Crippen molar-refractivity contribution in [1.29, 1.82) is 0 Å². The third-order valence-electron chi connectivity index (χ3n) is 6.06. The number of hydrogen-bond acceptors (Lipinski definition) is 3. The molecule has 0 radical (unpaired) electrons. The average molecular weight is 354 g/mol. The quantitative estimate of drug-likeness (QED) is 0.922. The number of nitrogens with one attached hydrogen (secondary N) is 1. The van der Waals surface area contributed by atoms with E-state index < -0.39 is 0 Å². The molecular weight excluding hydrogens is 324 g/mol. The average Bonchev–Trinajstić information content (AvgIpc) is 3.07. The van der Waals surface area contributed by atoms with Crippen LogP contribution in [0.15, 0.2) is 24.3 Å². The van der Waals surface area contributed by atoms with Gasteiger partial charge in [0.05, 0.1) is 0 Å². The van der Waals surface area contributed by atoms with E-state index in [-0.39, 0.29) is 5.91 Å². The monoisotopic (exact) mass is 354 g/mol. The van der Waals surface area contributed by atoms with Crippen molar-refractivity contribution in [3.8, 4) is 0 Å². The van der Waals surface area contributed by atoms with Crippen LogP contribution in [0.5, 0.6) is 0 Å². The van der Waals surface area contributed by atoms with Gasteiger partial charge in [0.25, 0.3) is 5.91 Å². The van der Waals surface area contributed by atoms with Crippen LogP contribution < -0.4 is 0 Å². The largest absolute Gasteiger partial charge is 0.351 e. The fraction of sp³-hybridized carbons (Fsp3) is 0.571. The number of aromatic nitrogens is 1. The number of nitrogens with zero attached hydrogens (tertiary/aromatic N) is 3. The molecule has 2 aromatic rings. The first-order valence-electron chi connectivity index (χ1n) is 9.91. The number of likely N-dealkylation sites (N-methyl/N-ethyl adjacent to an activating group) is 1. The van der Waals surface area contributed by atoms with E-state index in [2.05, 4.69) is 47.0 Å². The number of H-pyrrole nitrogens is 1. The molecule has 4 rings (SSSR count). The lowest BCUT2D eigenvalue weighted by molar-refractivity contribution is 0.0560. The van der Waals surface area contributed by atoms with Crippen molar-refractivity contribution in [3.63, 3.8) is 0 Å². The third kappa shape index (κ3) is 3.64. The van der Waals surface area contributed by atoms with Crippen LogP contribution in [0.2, 0.25) is 0 Å². The Balaban J connectivity index is 1.35. The van der Waals surface area contributed by atoms with Crippen molar-refractivity contribution in [2.24, 2.45) is 0 Å². The van der Waals surface area contributed by atoms with Gasteiger partial charge in [-0.3, -0.25) is 9.69 Å². The number of carbonyl (C=O) groups is 1. The number of hydrogen-bond donors (Lipinski definition) is 1. The van der Waals surface area contributed by atoms with Crippen LogP contribution in [0.1, 0.15) is 35.3 Å². The molecule has 1 amide bonds. The molecule has 0 saturated carbocycles. The number of benzene rings is 1. The summed E-state index contributed by atoms with van der Waals surface area (Å²) in [6.07, 6.45) is 4.00. The van der Waals surface area contributed by atoms with E-state index in [0.29, 0.717) is 11.7 Å². The lowest BCUT2D eigenvalue weighted by Crippen LogP contribution is -2.53. The normalized spacial score (nSPS) is 22.8. The number of rotatable bonds is 3. The minimum atomic E-state index is 0.133. The van der Waals surface area contributed by atoms with Crippen LogP contribution in [0.4, 0.5) is 0 Å². The number of amides is 1. The molecule has 5 nitrogen and oxygen atoms in total. The smallest absolute Gasteiger partial charge is 0.270 e. The Morgan fingerprint density at radius 1 is 1.12 bits per heavy atom. The van der Waals surface area contributed by atoms with Crippen LogP contribution in [0.25, 0.3) is 10.9 Å². The number of fused-ring (bicyclic) bond motifs is 1. The van der Waals surface area contributed by atoms with E-state index in [1.165, 1.54) is 31.4 Å². The molecule has 1 atom stereocenters. The number of likely N-dealkylation sites (tertiary alicyclic amines) is 1. The first-order chi connectivity index (χ1) is 12.6. The predicted molar refractivity (Wildman–Crippen MR) is 106 cm³/mol. The van der Waals surface area contributed by atoms with Gasteiger partial charge in [0.15, 0.2) is 0 Å². The molecule has 0 bridgehead atoms. The van der Waals surface area contributed by atoms with Crippen molar-refractivity contribution in [2.75, 3.05) is 46.3 Å². The highest BCUT2D eigenvalue weighted by atomic mass is 16.2. The third-order valence-corrected chi connectivity index (χ3v) is 6.06. The summed E-state index contributed by atoms with van der Waals surface area (Å²) in [5, 5.41) is 1.12. The van der Waals surface area contributed by atoms with Crippen LogP contribution in [0.3, 0.4) is 0 Å². The lowest BCUT2D eigenvalue weighted by Gasteiger charge is -2.40. The highest BCUT2D eigenvalue weighted by Gasteiger charge is 2.26. The van der Waals surface area contributed by atoms with Crippen LogP contribution >= 0.6 is 0 Å². The zero-order valence-corrected chi connectivity index (χ0v) is 16.0. The van der Waals surface area contributed by atoms with Gasteiger partial charge in [0.1, 0.15) is 5.69 Å². The molecule has 140 valence electrons. The molecule has 1 aromatic heterocycles. The fourth-order valence-corrected chi connectivity index (χ4v) is 4.34. The van der Waals surface area contributed by atoms with Crippen molar-refractivity contribution in [2.45, 2.75) is 32.2 Å². The molecule has 2 fully saturated rings. The maximum absolute atomic E-state index is 12.9. The first kappa shape index (κ1) is 17.6. The number of carbonyl (C=O) groups excluding carboxylic acids is 1. The van der Waals surface area contributed by atoms with Gasteiger partial charge in [0.2, 0.25) is 0 Å². The van der Waals surface area contributed by atoms with Crippen LogP contribution in [-0.2, 0) is 0 Å². The standard InChI is InChI=1S/C21H30N4O/c1-16-6-7-19-17(13-16)14-20(22-19)21(26)25-11-9-24(10-12-25)15-18-5-3-4-8-23(18)2/h6-7,13-14,18,22H,3-5,8-12,15H2,1-2H3. The van der Waals surface area contributed by atoms with Crippen molar-refractivity contribution in [1.82, 2.24) is 19.7 Å². The van der Waals surface area contributed by atoms with Gasteiger partial charge in [-0.1, -0.05) is 18.1 Å². The minimum absolute atomic E-state index is 0.133. The Labute approximate surface area is 155 Å². The van der Waals surface area contributed by atoms with Gasteiger partial charge in [-0.15, -0.1) is 0 Å². The summed E-state index contributed by atoms with van der Waals surface area (Å²) in [5.74, 6) is 0.133. The van der Waals surface area contributed by atoms with Gasteiger partial charge in [-0.25, -0.2) is 0 Å². The molecule has 0 spiro atoms. The highest BCUT2D eigenvalue weighted by molar-refractivity contribution is 5.98. The Morgan fingerprint density at radius 3 is 2.69 bits per heavy atom. The number of aromatic amines is 1. The van der Waals surface area contributed by atoms with Gasteiger partial charge in [0, 0.05) is 49.7 Å². The number of piperazine rings is 1. The van der Waals surface area contributed by atoms with E-state index in [0.717, 1.165) is 43.6 Å². The lowest BCUT2D eigenvalue weighted by atomic mass is 10.0. The zero-order chi connectivity index (χ0) is 18.1. The molecule has 26 heavy (non-hydrogen) atoms. The minimum Gasteiger partial charge on any atom is -0.351 e. The van der Waals surface area contributed by atoms with Gasteiger partial charge in [-0.2, -0.15) is 0 Å². The summed E-state index contributed by atoms with van der Waals surface area (Å²) in [6.45, 7) is 8.06. The number of piperidine rings is 1. The van der Waals surface area contributed by atoms with Crippen LogP contribution in [0, 0.1) is 6.92 Å². The second-order valence-electron chi connectivity index (χ2n) is 8.00. The maximum atomic E-state index is 12.9. The molecule has 1 aromatic carbocycles. The van der Waals surface area contributed by atoms with Crippen molar-refractivity contribution in [3.05, 3.63) is 35.5 Å². The second kappa shape index (κ2) is 7.41. The van der Waals surface area contributed by atoms with Crippen LogP contribution in [-0.4, -0.2) is 77.9 Å². The molecular formula is C21H30N4O. The summed E-state index contributed by atoms with van der Waals surface area (Å²) >= 11 is 0. The SMILES string of the molecule is Cc1ccc2[nH]c(C(=O)N3CCN(CC4CCCCN4C)CC3)cc2c1. The highest BCUT2D eigenvalue weighted by Crippen LogP contribution is 2.20. The fourth-order valence-electron chi connectivity index (χ4n) is 4.34. The Kier molecular flexibility index (Phi) is 5.00. The van der Waals surface area contributed by atoms with E-state index >= 15 is 0 Å². The number of aryl methyl sites for hydroxylation is 1. The molecule has 0 aliphatic carbocycles. The van der Waals surface area contributed by atoms with E-state index in [9.17, 15) is 4.79 Å². The topological polar surface area (TPSA) is 42.6 Å². The summed E-state index contributed by atoms with van der Waals surface area (Å²) in [5.41, 5.74) is 2.97. The molecule has 5 heteroatoms. The molecule has 1 N–H and O–H groups in total. The first-order valence-corrected chi connectivity index (χ1v) is 9.91. The summed E-state index contributed by atoms with van der Waals surface area (Å²) in [4.78, 5) is 23.2. The van der Waals surface area contributed by atoms with Crippen molar-refractivity contribution >= 4 is 16.8 Å². The zero-order valence-electron chi connectivity index (χ0n) is 16.0. The molecule has 3 heterocycles.